The zero-order chi connectivity index (χ0) is 18.2. The van der Waals surface area contributed by atoms with Crippen molar-refractivity contribution in [2.75, 3.05) is 45.7 Å². The van der Waals surface area contributed by atoms with Gasteiger partial charge in [0.1, 0.15) is 0 Å². The summed E-state index contributed by atoms with van der Waals surface area (Å²) < 4.78 is 4.99. The average Bonchev–Trinajstić information content (AvgIpc) is 2.62. The molecule has 1 aliphatic heterocycles. The monoisotopic (exact) mass is 347 g/mol. The molecule has 2 rings (SSSR count). The number of methoxy groups -OCH3 is 1. The minimum Gasteiger partial charge on any atom is -0.385 e. The van der Waals surface area contributed by atoms with E-state index in [1.165, 1.54) is 0 Å². The van der Waals surface area contributed by atoms with Crippen molar-refractivity contribution >= 4 is 17.6 Å². The van der Waals surface area contributed by atoms with Crippen LogP contribution in [0, 0.1) is 5.92 Å². The van der Waals surface area contributed by atoms with Crippen molar-refractivity contribution in [3.05, 3.63) is 29.8 Å². The molecule has 0 aliphatic carbocycles. The van der Waals surface area contributed by atoms with E-state index >= 15 is 0 Å². The Balaban J connectivity index is 1.86. The number of nitrogens with one attached hydrogen (secondary N) is 1. The number of piperidine rings is 1. The second kappa shape index (κ2) is 9.42. The number of likely N-dealkylation sites (tertiary alicyclic amines) is 1. The van der Waals surface area contributed by atoms with E-state index in [1.54, 1.807) is 43.3 Å². The molecule has 6 nitrogen and oxygen atoms in total. The van der Waals surface area contributed by atoms with Crippen LogP contribution in [-0.4, -0.2) is 62.1 Å². The van der Waals surface area contributed by atoms with Crippen LogP contribution < -0.4 is 5.32 Å². The van der Waals surface area contributed by atoms with Crippen LogP contribution in [0.25, 0.3) is 0 Å². The molecule has 1 N–H and O–H groups in total. The summed E-state index contributed by atoms with van der Waals surface area (Å²) in [4.78, 5) is 28.1. The highest BCUT2D eigenvalue weighted by atomic mass is 16.5. The van der Waals surface area contributed by atoms with Gasteiger partial charge in [0.2, 0.25) is 0 Å². The van der Waals surface area contributed by atoms with Crippen molar-refractivity contribution in [3.63, 3.8) is 0 Å². The van der Waals surface area contributed by atoms with Crippen LogP contribution in [0.15, 0.2) is 24.3 Å². The summed E-state index contributed by atoms with van der Waals surface area (Å²) in [5.74, 6) is 0.768. The van der Waals surface area contributed by atoms with Crippen molar-refractivity contribution in [2.24, 2.45) is 5.92 Å². The van der Waals surface area contributed by atoms with Gasteiger partial charge in [0, 0.05) is 51.6 Å². The van der Waals surface area contributed by atoms with Gasteiger partial charge in [-0.2, -0.15) is 0 Å². The van der Waals surface area contributed by atoms with Crippen LogP contribution in [0.3, 0.4) is 0 Å². The number of anilines is 1. The standard InChI is InChI=1S/C19H29N3O3/c1-15-9-12-22(13-10-15)18(23)16-5-7-17(8-6-16)20-19(24)21(2)11-4-14-25-3/h5-8,15H,4,9-14H2,1-3H3,(H,20,24). The van der Waals surface area contributed by atoms with Crippen LogP contribution in [0.2, 0.25) is 0 Å². The third kappa shape index (κ3) is 5.74. The SMILES string of the molecule is COCCCN(C)C(=O)Nc1ccc(C(=O)N2CCC(C)CC2)cc1. The van der Waals surface area contributed by atoms with E-state index in [-0.39, 0.29) is 11.9 Å². The van der Waals surface area contributed by atoms with E-state index in [9.17, 15) is 9.59 Å². The first kappa shape index (κ1) is 19.2. The van der Waals surface area contributed by atoms with Crippen LogP contribution in [-0.2, 0) is 4.74 Å². The second-order valence-electron chi connectivity index (χ2n) is 6.75. The molecule has 0 bridgehead atoms. The fraction of sp³-hybridized carbons (Fsp3) is 0.579. The van der Waals surface area contributed by atoms with Gasteiger partial charge >= 0.3 is 6.03 Å². The zero-order valence-electron chi connectivity index (χ0n) is 15.5. The van der Waals surface area contributed by atoms with Gasteiger partial charge in [0.25, 0.3) is 5.91 Å². The fourth-order valence-electron chi connectivity index (χ4n) is 2.86. The van der Waals surface area contributed by atoms with E-state index in [4.69, 9.17) is 4.74 Å². The molecular weight excluding hydrogens is 318 g/mol. The van der Waals surface area contributed by atoms with Gasteiger partial charge in [0.05, 0.1) is 0 Å². The molecule has 25 heavy (non-hydrogen) atoms. The lowest BCUT2D eigenvalue weighted by Crippen LogP contribution is -2.37. The Kier molecular flexibility index (Phi) is 7.25. The number of benzene rings is 1. The van der Waals surface area contributed by atoms with E-state index in [1.807, 2.05) is 4.90 Å². The average molecular weight is 347 g/mol. The van der Waals surface area contributed by atoms with Gasteiger partial charge in [-0.3, -0.25) is 4.79 Å². The van der Waals surface area contributed by atoms with Crippen molar-refractivity contribution in [1.82, 2.24) is 9.80 Å². The molecule has 0 radical (unpaired) electrons. The molecule has 0 saturated carbocycles. The number of ether oxygens (including phenoxy) is 1. The summed E-state index contributed by atoms with van der Waals surface area (Å²) in [7, 11) is 3.40. The van der Waals surface area contributed by atoms with Crippen LogP contribution >= 0.6 is 0 Å². The zero-order valence-corrected chi connectivity index (χ0v) is 15.5. The van der Waals surface area contributed by atoms with Gasteiger partial charge in [-0.1, -0.05) is 6.92 Å². The highest BCUT2D eigenvalue weighted by Crippen LogP contribution is 2.19. The summed E-state index contributed by atoms with van der Waals surface area (Å²) in [5.41, 5.74) is 1.36. The third-order valence-corrected chi connectivity index (χ3v) is 4.64. The van der Waals surface area contributed by atoms with Crippen LogP contribution in [0.4, 0.5) is 10.5 Å². The molecule has 1 heterocycles. The number of rotatable bonds is 6. The molecule has 0 aromatic heterocycles. The summed E-state index contributed by atoms with van der Waals surface area (Å²) in [6, 6.07) is 6.95. The number of nitrogens with zero attached hydrogens (tertiary/aromatic N) is 2. The Labute approximate surface area is 150 Å². The molecular formula is C19H29N3O3. The van der Waals surface area contributed by atoms with Gasteiger partial charge in [-0.25, -0.2) is 4.79 Å². The predicted octanol–water partition coefficient (Wildman–Crippen LogP) is 3.06. The molecule has 0 spiro atoms. The molecule has 3 amide bonds. The number of carbonyl (C=O) groups excluding carboxylic acids is 2. The predicted molar refractivity (Wildman–Crippen MR) is 98.9 cm³/mol. The molecule has 0 atom stereocenters. The lowest BCUT2D eigenvalue weighted by molar-refractivity contribution is 0.0697. The Morgan fingerprint density at radius 3 is 2.48 bits per heavy atom. The van der Waals surface area contributed by atoms with Crippen LogP contribution in [0.5, 0.6) is 0 Å². The largest absolute Gasteiger partial charge is 0.385 e. The number of carbonyl (C=O) groups is 2. The maximum Gasteiger partial charge on any atom is 0.321 e. The number of hydrogen-bond acceptors (Lipinski definition) is 3. The van der Waals surface area contributed by atoms with Crippen molar-refractivity contribution in [1.29, 1.82) is 0 Å². The molecule has 6 heteroatoms. The first-order valence-electron chi connectivity index (χ1n) is 8.91. The number of urea groups is 1. The lowest BCUT2D eigenvalue weighted by atomic mass is 9.98. The molecule has 0 unspecified atom stereocenters. The molecule has 1 aromatic carbocycles. The molecule has 1 aromatic rings. The van der Waals surface area contributed by atoms with Crippen LogP contribution in [0.1, 0.15) is 36.5 Å². The van der Waals surface area contributed by atoms with Gasteiger partial charge in [-0.05, 0) is 49.4 Å². The van der Waals surface area contributed by atoms with Crippen molar-refractivity contribution < 1.29 is 14.3 Å². The molecule has 1 aliphatic rings. The van der Waals surface area contributed by atoms with E-state index in [0.29, 0.717) is 30.3 Å². The van der Waals surface area contributed by atoms with Crippen molar-refractivity contribution in [3.8, 4) is 0 Å². The lowest BCUT2D eigenvalue weighted by Gasteiger charge is -2.30. The summed E-state index contributed by atoms with van der Waals surface area (Å²) in [6.07, 6.45) is 2.92. The minimum absolute atomic E-state index is 0.0708. The Hall–Kier alpha value is -2.08. The maximum atomic E-state index is 12.5. The third-order valence-electron chi connectivity index (χ3n) is 4.64. The Morgan fingerprint density at radius 2 is 1.88 bits per heavy atom. The number of hydrogen-bond donors (Lipinski definition) is 1. The first-order chi connectivity index (χ1) is 12.0. The summed E-state index contributed by atoms with van der Waals surface area (Å²) in [5, 5.41) is 2.84. The van der Waals surface area contributed by atoms with Crippen molar-refractivity contribution in [2.45, 2.75) is 26.2 Å². The Bertz CT molecular complexity index is 566. The normalized spacial score (nSPS) is 15.1. The Morgan fingerprint density at radius 1 is 1.24 bits per heavy atom. The number of amides is 3. The topological polar surface area (TPSA) is 61.9 Å². The molecule has 138 valence electrons. The van der Waals surface area contributed by atoms with Gasteiger partial charge < -0.3 is 19.9 Å². The highest BCUT2D eigenvalue weighted by Gasteiger charge is 2.21. The first-order valence-corrected chi connectivity index (χ1v) is 8.91. The quantitative estimate of drug-likeness (QED) is 0.805. The smallest absolute Gasteiger partial charge is 0.321 e. The van der Waals surface area contributed by atoms with Gasteiger partial charge in [0.15, 0.2) is 0 Å². The van der Waals surface area contributed by atoms with Gasteiger partial charge in [-0.15, -0.1) is 0 Å². The minimum atomic E-state index is -0.166. The maximum absolute atomic E-state index is 12.5. The van der Waals surface area contributed by atoms with E-state index in [2.05, 4.69) is 12.2 Å². The summed E-state index contributed by atoms with van der Waals surface area (Å²) >= 11 is 0. The van der Waals surface area contributed by atoms with E-state index < -0.39 is 0 Å². The molecule has 1 fully saturated rings. The summed E-state index contributed by atoms with van der Waals surface area (Å²) in [6.45, 7) is 5.13. The second-order valence-corrected chi connectivity index (χ2v) is 6.75. The molecule has 1 saturated heterocycles. The highest BCUT2D eigenvalue weighted by molar-refractivity contribution is 5.95. The fourth-order valence-corrected chi connectivity index (χ4v) is 2.86. The van der Waals surface area contributed by atoms with E-state index in [0.717, 1.165) is 32.4 Å².